The fraction of sp³-hybridized carbons (Fsp3) is 0.259. The Kier molecular flexibility index (Phi) is 6.97. The molecule has 2 atom stereocenters. The maximum absolute atomic E-state index is 13.1. The Labute approximate surface area is 188 Å². The zero-order valence-corrected chi connectivity index (χ0v) is 18.2. The first-order valence-electron chi connectivity index (χ1n) is 11.0. The number of nitrogens with one attached hydrogen (secondary N) is 2. The molecule has 1 heterocycles. The van der Waals surface area contributed by atoms with Crippen LogP contribution in [0.4, 0.5) is 5.69 Å². The first kappa shape index (κ1) is 21.8. The van der Waals surface area contributed by atoms with Crippen molar-refractivity contribution in [1.29, 1.82) is 0 Å². The standard InChI is InChI=1S/C27H28N2O3/c1-19(25(20-10-4-2-5-11-20)21-12-6-3-7-13-21)28-26(30)22-14-8-15-23(18-22)29-27(31)24-16-9-17-32-24/h2-8,10-15,18-19,24-25H,9,16-17H2,1H3,(H,28,30)(H,29,31)/t19-,24-/m1/s1. The molecule has 4 rings (SSSR count). The number of rotatable bonds is 7. The minimum Gasteiger partial charge on any atom is -0.368 e. The van der Waals surface area contributed by atoms with Gasteiger partial charge in [0.25, 0.3) is 11.8 Å². The summed E-state index contributed by atoms with van der Waals surface area (Å²) in [6, 6.07) is 27.2. The molecule has 2 amide bonds. The minimum atomic E-state index is -0.412. The van der Waals surface area contributed by atoms with E-state index in [2.05, 4.69) is 34.9 Å². The van der Waals surface area contributed by atoms with E-state index in [0.717, 1.165) is 24.0 Å². The van der Waals surface area contributed by atoms with E-state index in [4.69, 9.17) is 4.74 Å². The van der Waals surface area contributed by atoms with Crippen LogP contribution in [0.15, 0.2) is 84.9 Å². The van der Waals surface area contributed by atoms with Gasteiger partial charge in [-0.3, -0.25) is 9.59 Å². The molecule has 1 saturated heterocycles. The first-order valence-corrected chi connectivity index (χ1v) is 11.0. The number of anilines is 1. The van der Waals surface area contributed by atoms with Crippen LogP contribution in [0.1, 0.15) is 47.2 Å². The van der Waals surface area contributed by atoms with Crippen LogP contribution in [0.5, 0.6) is 0 Å². The Balaban J connectivity index is 1.49. The second-order valence-corrected chi connectivity index (χ2v) is 8.13. The van der Waals surface area contributed by atoms with Gasteiger partial charge in [-0.25, -0.2) is 0 Å². The van der Waals surface area contributed by atoms with Gasteiger partial charge in [-0.05, 0) is 49.1 Å². The molecule has 3 aromatic rings. The van der Waals surface area contributed by atoms with Gasteiger partial charge in [0.15, 0.2) is 0 Å². The van der Waals surface area contributed by atoms with Crippen LogP contribution in [-0.2, 0) is 9.53 Å². The average molecular weight is 429 g/mol. The summed E-state index contributed by atoms with van der Waals surface area (Å²) in [7, 11) is 0. The van der Waals surface area contributed by atoms with Crippen LogP contribution >= 0.6 is 0 Å². The van der Waals surface area contributed by atoms with E-state index in [1.54, 1.807) is 24.3 Å². The van der Waals surface area contributed by atoms with Crippen LogP contribution in [0.25, 0.3) is 0 Å². The van der Waals surface area contributed by atoms with Gasteiger partial charge < -0.3 is 15.4 Å². The van der Waals surface area contributed by atoms with Crippen LogP contribution in [0, 0.1) is 0 Å². The Hall–Kier alpha value is -3.44. The van der Waals surface area contributed by atoms with Gasteiger partial charge in [0.05, 0.1) is 0 Å². The molecular weight excluding hydrogens is 400 g/mol. The maximum Gasteiger partial charge on any atom is 0.253 e. The highest BCUT2D eigenvalue weighted by molar-refractivity contribution is 5.98. The highest BCUT2D eigenvalue weighted by Gasteiger charge is 2.25. The molecule has 5 heteroatoms. The third-order valence-corrected chi connectivity index (χ3v) is 5.79. The van der Waals surface area contributed by atoms with Gasteiger partial charge in [0.2, 0.25) is 0 Å². The highest BCUT2D eigenvalue weighted by Crippen LogP contribution is 2.28. The molecule has 5 nitrogen and oxygen atoms in total. The second kappa shape index (κ2) is 10.2. The summed E-state index contributed by atoms with van der Waals surface area (Å²) in [4.78, 5) is 25.4. The van der Waals surface area contributed by atoms with Crippen LogP contribution in [0.2, 0.25) is 0 Å². The van der Waals surface area contributed by atoms with Gasteiger partial charge in [0, 0.05) is 29.8 Å². The van der Waals surface area contributed by atoms with Gasteiger partial charge in [0.1, 0.15) is 6.10 Å². The fourth-order valence-corrected chi connectivity index (χ4v) is 4.21. The Morgan fingerprint density at radius 3 is 2.16 bits per heavy atom. The van der Waals surface area contributed by atoms with Gasteiger partial charge >= 0.3 is 0 Å². The molecule has 0 radical (unpaired) electrons. The lowest BCUT2D eigenvalue weighted by Gasteiger charge is -2.26. The molecular formula is C27H28N2O3. The molecule has 0 bridgehead atoms. The van der Waals surface area contributed by atoms with Crippen molar-refractivity contribution in [3.8, 4) is 0 Å². The first-order chi connectivity index (χ1) is 15.6. The molecule has 0 unspecified atom stereocenters. The average Bonchev–Trinajstić information content (AvgIpc) is 3.36. The Bertz CT molecular complexity index is 1010. The fourth-order valence-electron chi connectivity index (χ4n) is 4.21. The van der Waals surface area contributed by atoms with Crippen molar-refractivity contribution in [1.82, 2.24) is 5.32 Å². The number of hydrogen-bond acceptors (Lipinski definition) is 3. The van der Waals surface area contributed by atoms with Gasteiger partial charge in [-0.1, -0.05) is 66.7 Å². The van der Waals surface area contributed by atoms with Crippen molar-refractivity contribution < 1.29 is 14.3 Å². The Morgan fingerprint density at radius 1 is 0.906 bits per heavy atom. The number of benzene rings is 3. The number of ether oxygens (including phenoxy) is 1. The summed E-state index contributed by atoms with van der Waals surface area (Å²) in [6.07, 6.45) is 1.21. The summed E-state index contributed by atoms with van der Waals surface area (Å²) in [5.41, 5.74) is 3.38. The quantitative estimate of drug-likeness (QED) is 0.570. The summed E-state index contributed by atoms with van der Waals surface area (Å²) in [5, 5.41) is 6.02. The zero-order valence-electron chi connectivity index (χ0n) is 18.2. The molecule has 0 aromatic heterocycles. The van der Waals surface area contributed by atoms with Crippen LogP contribution in [-0.4, -0.2) is 30.6 Å². The lowest BCUT2D eigenvalue weighted by atomic mass is 9.85. The predicted octanol–water partition coefficient (Wildman–Crippen LogP) is 4.75. The van der Waals surface area contributed by atoms with Crippen molar-refractivity contribution in [3.05, 3.63) is 102 Å². The number of hydrogen-bond donors (Lipinski definition) is 2. The molecule has 3 aromatic carbocycles. The maximum atomic E-state index is 13.1. The molecule has 2 N–H and O–H groups in total. The third-order valence-electron chi connectivity index (χ3n) is 5.79. The van der Waals surface area contributed by atoms with Crippen molar-refractivity contribution in [2.45, 2.75) is 37.8 Å². The Morgan fingerprint density at radius 2 is 1.56 bits per heavy atom. The van der Waals surface area contributed by atoms with Crippen molar-refractivity contribution >= 4 is 17.5 Å². The molecule has 1 aliphatic rings. The minimum absolute atomic E-state index is 0.0174. The second-order valence-electron chi connectivity index (χ2n) is 8.13. The molecule has 0 saturated carbocycles. The van der Waals surface area contributed by atoms with E-state index in [1.807, 2.05) is 43.3 Å². The number of amides is 2. The smallest absolute Gasteiger partial charge is 0.253 e. The van der Waals surface area contributed by atoms with Gasteiger partial charge in [-0.2, -0.15) is 0 Å². The van der Waals surface area contributed by atoms with E-state index in [1.165, 1.54) is 0 Å². The van der Waals surface area contributed by atoms with E-state index in [9.17, 15) is 9.59 Å². The molecule has 0 spiro atoms. The van der Waals surface area contributed by atoms with E-state index >= 15 is 0 Å². The lowest BCUT2D eigenvalue weighted by molar-refractivity contribution is -0.124. The third kappa shape index (κ3) is 5.24. The summed E-state index contributed by atoms with van der Waals surface area (Å²) >= 11 is 0. The molecule has 0 aliphatic carbocycles. The summed E-state index contributed by atoms with van der Waals surface area (Å²) < 4.78 is 5.44. The largest absolute Gasteiger partial charge is 0.368 e. The van der Waals surface area contributed by atoms with Gasteiger partial charge in [-0.15, -0.1) is 0 Å². The van der Waals surface area contributed by atoms with Crippen molar-refractivity contribution in [2.24, 2.45) is 0 Å². The van der Waals surface area contributed by atoms with Crippen molar-refractivity contribution in [2.75, 3.05) is 11.9 Å². The number of carbonyl (C=O) groups is 2. The topological polar surface area (TPSA) is 67.4 Å². The molecule has 1 fully saturated rings. The molecule has 164 valence electrons. The highest BCUT2D eigenvalue weighted by atomic mass is 16.5. The summed E-state index contributed by atoms with van der Waals surface area (Å²) in [6.45, 7) is 2.63. The van der Waals surface area contributed by atoms with E-state index in [-0.39, 0.29) is 23.8 Å². The SMILES string of the molecule is C[C@@H](NC(=O)c1cccc(NC(=O)[C@H]2CCCO2)c1)C(c1ccccc1)c1ccccc1. The molecule has 32 heavy (non-hydrogen) atoms. The normalized spacial score (nSPS) is 16.5. The van der Waals surface area contributed by atoms with E-state index in [0.29, 0.717) is 17.9 Å². The lowest BCUT2D eigenvalue weighted by Crippen LogP contribution is -2.37. The summed E-state index contributed by atoms with van der Waals surface area (Å²) in [5.74, 6) is -0.326. The zero-order chi connectivity index (χ0) is 22.3. The monoisotopic (exact) mass is 428 g/mol. The van der Waals surface area contributed by atoms with Crippen molar-refractivity contribution in [3.63, 3.8) is 0 Å². The van der Waals surface area contributed by atoms with E-state index < -0.39 is 6.10 Å². The predicted molar refractivity (Wildman–Crippen MR) is 126 cm³/mol. The number of carbonyl (C=O) groups excluding carboxylic acids is 2. The van der Waals surface area contributed by atoms with Crippen LogP contribution < -0.4 is 10.6 Å². The van der Waals surface area contributed by atoms with Crippen LogP contribution in [0.3, 0.4) is 0 Å². The molecule has 1 aliphatic heterocycles.